The van der Waals surface area contributed by atoms with Gasteiger partial charge in [0.25, 0.3) is 0 Å². The van der Waals surface area contributed by atoms with Gasteiger partial charge < -0.3 is 10.2 Å². The normalized spacial score (nSPS) is 18.5. The molecule has 2 aliphatic rings. The highest BCUT2D eigenvalue weighted by atomic mass is 32.2. The first kappa shape index (κ1) is 20.8. The van der Waals surface area contributed by atoms with Gasteiger partial charge in [-0.15, -0.1) is 0 Å². The fraction of sp³-hybridized carbons (Fsp3) is 0.409. The van der Waals surface area contributed by atoms with Crippen LogP contribution in [0.5, 0.6) is 0 Å². The summed E-state index contributed by atoms with van der Waals surface area (Å²) in [6.07, 6.45) is 3.01. The molecule has 2 fully saturated rings. The number of carbonyl (C=O) groups is 1. The van der Waals surface area contributed by atoms with Crippen LogP contribution >= 0.6 is 0 Å². The Kier molecular flexibility index (Phi) is 6.06. The van der Waals surface area contributed by atoms with E-state index in [0.29, 0.717) is 24.2 Å². The SMILES string of the molecule is O=C(Nc1ccc(N2CCCC2)c(F)c1)C1CCN(S(=O)(=O)c2ccccc2)CC1. The average Bonchev–Trinajstić information content (AvgIpc) is 3.29. The number of rotatable bonds is 5. The first-order valence-electron chi connectivity index (χ1n) is 10.4. The van der Waals surface area contributed by atoms with Gasteiger partial charge in [-0.05, 0) is 56.0 Å². The summed E-state index contributed by atoms with van der Waals surface area (Å²) in [5.74, 6) is -0.827. The summed E-state index contributed by atoms with van der Waals surface area (Å²) in [5, 5.41) is 2.79. The first-order valence-corrected chi connectivity index (χ1v) is 11.8. The van der Waals surface area contributed by atoms with Crippen molar-refractivity contribution in [1.29, 1.82) is 0 Å². The quantitative estimate of drug-likeness (QED) is 0.787. The van der Waals surface area contributed by atoms with E-state index in [0.717, 1.165) is 25.9 Å². The molecule has 2 aliphatic heterocycles. The molecule has 2 saturated heterocycles. The van der Waals surface area contributed by atoms with Gasteiger partial charge in [0.05, 0.1) is 10.6 Å². The molecule has 2 aromatic rings. The van der Waals surface area contributed by atoms with Gasteiger partial charge in [-0.2, -0.15) is 4.31 Å². The van der Waals surface area contributed by atoms with E-state index in [2.05, 4.69) is 5.32 Å². The molecule has 2 aromatic carbocycles. The molecule has 0 aromatic heterocycles. The topological polar surface area (TPSA) is 69.7 Å². The smallest absolute Gasteiger partial charge is 0.243 e. The van der Waals surface area contributed by atoms with Crippen molar-refractivity contribution in [2.24, 2.45) is 5.92 Å². The molecule has 160 valence electrons. The molecular formula is C22H26FN3O3S. The summed E-state index contributed by atoms with van der Waals surface area (Å²) in [6.45, 7) is 2.29. The van der Waals surface area contributed by atoms with Crippen molar-refractivity contribution < 1.29 is 17.6 Å². The van der Waals surface area contributed by atoms with Gasteiger partial charge >= 0.3 is 0 Å². The van der Waals surface area contributed by atoms with E-state index in [4.69, 9.17) is 0 Å². The predicted octanol–water partition coefficient (Wildman–Crippen LogP) is 3.47. The van der Waals surface area contributed by atoms with Crippen LogP contribution < -0.4 is 10.2 Å². The highest BCUT2D eigenvalue weighted by molar-refractivity contribution is 7.89. The number of piperidine rings is 1. The van der Waals surface area contributed by atoms with E-state index in [-0.39, 0.29) is 35.6 Å². The molecule has 30 heavy (non-hydrogen) atoms. The number of hydrogen-bond donors (Lipinski definition) is 1. The molecular weight excluding hydrogens is 405 g/mol. The fourth-order valence-electron chi connectivity index (χ4n) is 4.14. The minimum absolute atomic E-state index is 0.194. The molecule has 0 atom stereocenters. The highest BCUT2D eigenvalue weighted by Gasteiger charge is 2.32. The first-order chi connectivity index (χ1) is 14.4. The Balaban J connectivity index is 1.35. The zero-order valence-corrected chi connectivity index (χ0v) is 17.6. The molecule has 1 amide bonds. The lowest BCUT2D eigenvalue weighted by Gasteiger charge is -2.30. The monoisotopic (exact) mass is 431 g/mol. The highest BCUT2D eigenvalue weighted by Crippen LogP contribution is 2.28. The van der Waals surface area contributed by atoms with Gasteiger partial charge in [0.1, 0.15) is 5.82 Å². The Morgan fingerprint density at radius 1 is 0.967 bits per heavy atom. The number of sulfonamides is 1. The lowest BCUT2D eigenvalue weighted by atomic mass is 9.97. The third-order valence-electron chi connectivity index (χ3n) is 5.87. The van der Waals surface area contributed by atoms with E-state index in [1.807, 2.05) is 4.90 Å². The molecule has 0 aliphatic carbocycles. The van der Waals surface area contributed by atoms with Crippen molar-refractivity contribution in [2.45, 2.75) is 30.6 Å². The second-order valence-corrected chi connectivity index (χ2v) is 9.78. The van der Waals surface area contributed by atoms with Crippen LogP contribution in [0.15, 0.2) is 53.4 Å². The lowest BCUT2D eigenvalue weighted by molar-refractivity contribution is -0.120. The molecule has 6 nitrogen and oxygen atoms in total. The molecule has 1 N–H and O–H groups in total. The van der Waals surface area contributed by atoms with Crippen LogP contribution in [0.4, 0.5) is 15.8 Å². The number of benzene rings is 2. The van der Waals surface area contributed by atoms with Gasteiger partial charge in [-0.3, -0.25) is 4.79 Å². The summed E-state index contributed by atoms with van der Waals surface area (Å²) >= 11 is 0. The Labute approximate surface area is 176 Å². The number of carbonyl (C=O) groups excluding carboxylic acids is 1. The summed E-state index contributed by atoms with van der Waals surface area (Å²) in [4.78, 5) is 14.9. The van der Waals surface area contributed by atoms with Crippen molar-refractivity contribution in [1.82, 2.24) is 4.31 Å². The maximum atomic E-state index is 14.5. The van der Waals surface area contributed by atoms with Crippen LogP contribution in [0.3, 0.4) is 0 Å². The van der Waals surface area contributed by atoms with Crippen LogP contribution in [0.2, 0.25) is 0 Å². The fourth-order valence-corrected chi connectivity index (χ4v) is 5.63. The van der Waals surface area contributed by atoms with Crippen LogP contribution in [-0.2, 0) is 14.8 Å². The molecule has 8 heteroatoms. The summed E-state index contributed by atoms with van der Waals surface area (Å²) in [6, 6.07) is 13.1. The molecule has 0 radical (unpaired) electrons. The maximum Gasteiger partial charge on any atom is 0.243 e. The zero-order valence-electron chi connectivity index (χ0n) is 16.8. The van der Waals surface area contributed by atoms with Crippen molar-refractivity contribution in [2.75, 3.05) is 36.4 Å². The number of nitrogens with one attached hydrogen (secondary N) is 1. The second-order valence-electron chi connectivity index (χ2n) is 7.84. The minimum Gasteiger partial charge on any atom is -0.369 e. The van der Waals surface area contributed by atoms with Crippen molar-refractivity contribution >= 4 is 27.3 Å². The van der Waals surface area contributed by atoms with Gasteiger partial charge in [-0.25, -0.2) is 12.8 Å². The molecule has 0 unspecified atom stereocenters. The Morgan fingerprint density at radius 3 is 2.27 bits per heavy atom. The van der Waals surface area contributed by atoms with Crippen LogP contribution in [0, 0.1) is 11.7 Å². The van der Waals surface area contributed by atoms with E-state index in [1.54, 1.807) is 42.5 Å². The maximum absolute atomic E-state index is 14.5. The van der Waals surface area contributed by atoms with E-state index >= 15 is 0 Å². The standard InChI is InChI=1S/C22H26FN3O3S/c23-20-16-18(8-9-21(20)25-12-4-5-13-25)24-22(27)17-10-14-26(15-11-17)30(28,29)19-6-2-1-3-7-19/h1-3,6-9,16-17H,4-5,10-15H2,(H,24,27). The average molecular weight is 432 g/mol. The number of amides is 1. The van der Waals surface area contributed by atoms with Crippen LogP contribution in [0.1, 0.15) is 25.7 Å². The number of anilines is 2. The number of hydrogen-bond acceptors (Lipinski definition) is 4. The van der Waals surface area contributed by atoms with Crippen molar-refractivity contribution in [3.8, 4) is 0 Å². The lowest BCUT2D eigenvalue weighted by Crippen LogP contribution is -2.41. The zero-order chi connectivity index (χ0) is 21.1. The Bertz CT molecular complexity index is 1000. The van der Waals surface area contributed by atoms with Gasteiger partial charge in [0.15, 0.2) is 0 Å². The molecule has 4 rings (SSSR count). The summed E-state index contributed by atoms with van der Waals surface area (Å²) in [7, 11) is -3.54. The van der Waals surface area contributed by atoms with Gasteiger partial charge in [-0.1, -0.05) is 18.2 Å². The van der Waals surface area contributed by atoms with E-state index in [9.17, 15) is 17.6 Å². The van der Waals surface area contributed by atoms with E-state index in [1.165, 1.54) is 10.4 Å². The summed E-state index contributed by atoms with van der Waals surface area (Å²) in [5.41, 5.74) is 1.00. The Hall–Kier alpha value is -2.45. The molecule has 2 heterocycles. The molecule has 0 saturated carbocycles. The summed E-state index contributed by atoms with van der Waals surface area (Å²) < 4.78 is 41.3. The Morgan fingerprint density at radius 2 is 1.63 bits per heavy atom. The van der Waals surface area contributed by atoms with Gasteiger partial charge in [0, 0.05) is 37.8 Å². The van der Waals surface area contributed by atoms with Crippen molar-refractivity contribution in [3.63, 3.8) is 0 Å². The van der Waals surface area contributed by atoms with Crippen molar-refractivity contribution in [3.05, 3.63) is 54.3 Å². The van der Waals surface area contributed by atoms with Gasteiger partial charge in [0.2, 0.25) is 15.9 Å². The minimum atomic E-state index is -3.54. The molecule has 0 bridgehead atoms. The van der Waals surface area contributed by atoms with E-state index < -0.39 is 10.0 Å². The third kappa shape index (κ3) is 4.34. The predicted molar refractivity (Wildman–Crippen MR) is 114 cm³/mol. The van der Waals surface area contributed by atoms with Crippen LogP contribution in [0.25, 0.3) is 0 Å². The second kappa shape index (κ2) is 8.73. The van der Waals surface area contributed by atoms with Crippen LogP contribution in [-0.4, -0.2) is 44.8 Å². The number of halogens is 1. The third-order valence-corrected chi connectivity index (χ3v) is 7.78. The number of nitrogens with zero attached hydrogens (tertiary/aromatic N) is 2. The largest absolute Gasteiger partial charge is 0.369 e. The molecule has 0 spiro atoms.